The lowest BCUT2D eigenvalue weighted by molar-refractivity contribution is 0.925. The molecule has 0 spiro atoms. The third-order valence-corrected chi connectivity index (χ3v) is 2.33. The van der Waals surface area contributed by atoms with Gasteiger partial charge in [0.25, 0.3) is 0 Å². The number of fused-ring (bicyclic) bond motifs is 1. The molecule has 0 saturated heterocycles. The summed E-state index contributed by atoms with van der Waals surface area (Å²) < 4.78 is 1.82. The van der Waals surface area contributed by atoms with Crippen molar-refractivity contribution in [1.82, 2.24) is 14.6 Å². The van der Waals surface area contributed by atoms with E-state index in [1.54, 1.807) is 6.20 Å². The largest absolute Gasteiger partial charge is 0.235 e. The molecule has 2 rings (SSSR count). The molecule has 0 N–H and O–H groups in total. The molecule has 72 valence electrons. The van der Waals surface area contributed by atoms with Gasteiger partial charge in [-0.15, -0.1) is 0 Å². The van der Waals surface area contributed by atoms with Gasteiger partial charge in [0, 0.05) is 11.5 Å². The highest BCUT2D eigenvalue weighted by molar-refractivity contribution is 9.09. The van der Waals surface area contributed by atoms with E-state index in [0.717, 1.165) is 23.1 Å². The number of nitrogens with zero attached hydrogens (tertiary/aromatic N) is 3. The number of hydrogen-bond acceptors (Lipinski definition) is 2. The van der Waals surface area contributed by atoms with Gasteiger partial charge >= 0.3 is 0 Å². The molecule has 2 aromatic rings. The van der Waals surface area contributed by atoms with Crippen molar-refractivity contribution in [3.8, 4) is 0 Å². The van der Waals surface area contributed by atoms with E-state index in [4.69, 9.17) is 0 Å². The molecule has 0 bridgehead atoms. The molecule has 0 radical (unpaired) electrons. The van der Waals surface area contributed by atoms with Crippen LogP contribution >= 0.6 is 15.9 Å². The summed E-state index contributed by atoms with van der Waals surface area (Å²) in [6, 6.07) is 3.82. The van der Waals surface area contributed by atoms with Crippen LogP contribution in [0, 0.1) is 0 Å². The van der Waals surface area contributed by atoms with Crippen molar-refractivity contribution in [2.75, 3.05) is 5.33 Å². The van der Waals surface area contributed by atoms with Crippen molar-refractivity contribution >= 4 is 27.7 Å². The van der Waals surface area contributed by atoms with Crippen LogP contribution < -0.4 is 0 Å². The van der Waals surface area contributed by atoms with E-state index in [1.807, 2.05) is 28.9 Å². The fourth-order valence-corrected chi connectivity index (χ4v) is 1.49. The Morgan fingerprint density at radius 3 is 3.29 bits per heavy atom. The van der Waals surface area contributed by atoms with Crippen LogP contribution in [0.25, 0.3) is 11.7 Å². The third-order valence-electron chi connectivity index (χ3n) is 1.87. The normalized spacial score (nSPS) is 11.5. The summed E-state index contributed by atoms with van der Waals surface area (Å²) in [4.78, 5) is 4.23. The lowest BCUT2D eigenvalue weighted by Gasteiger charge is -1.92. The number of hydrogen-bond donors (Lipinski definition) is 0. The Hall–Kier alpha value is -1.16. The first-order chi connectivity index (χ1) is 6.92. The second kappa shape index (κ2) is 4.37. The zero-order chi connectivity index (χ0) is 9.80. The molecule has 0 amide bonds. The Kier molecular flexibility index (Phi) is 2.93. The summed E-state index contributed by atoms with van der Waals surface area (Å²) in [5.74, 6) is 0. The predicted molar refractivity (Wildman–Crippen MR) is 60.4 cm³/mol. The minimum atomic E-state index is 0.881. The van der Waals surface area contributed by atoms with Gasteiger partial charge in [0.05, 0.1) is 11.9 Å². The molecule has 0 aliphatic rings. The van der Waals surface area contributed by atoms with Crippen molar-refractivity contribution < 1.29 is 0 Å². The molecule has 0 unspecified atom stereocenters. The summed E-state index contributed by atoms with van der Waals surface area (Å²) in [7, 11) is 0. The molecule has 0 aliphatic carbocycles. The summed E-state index contributed by atoms with van der Waals surface area (Å²) in [5, 5.41) is 5.19. The highest BCUT2D eigenvalue weighted by Gasteiger charge is 1.98. The Morgan fingerprint density at radius 1 is 1.50 bits per heavy atom. The van der Waals surface area contributed by atoms with Crippen molar-refractivity contribution in [2.45, 2.75) is 6.42 Å². The van der Waals surface area contributed by atoms with E-state index in [-0.39, 0.29) is 0 Å². The standard InChI is InChI=1S/C10H10BrN3/c11-6-2-1-4-9-8-12-10-5-3-7-13-14(9)10/h1,3-5,7-8H,2,6H2. The van der Waals surface area contributed by atoms with E-state index in [9.17, 15) is 0 Å². The first-order valence-corrected chi connectivity index (χ1v) is 5.55. The highest BCUT2D eigenvalue weighted by atomic mass is 79.9. The monoisotopic (exact) mass is 251 g/mol. The maximum atomic E-state index is 4.23. The van der Waals surface area contributed by atoms with Crippen LogP contribution in [0.1, 0.15) is 12.1 Å². The smallest absolute Gasteiger partial charge is 0.154 e. The summed E-state index contributed by atoms with van der Waals surface area (Å²) in [6.45, 7) is 0. The molecule has 0 aromatic carbocycles. The average molecular weight is 252 g/mol. The van der Waals surface area contributed by atoms with Gasteiger partial charge in [-0.25, -0.2) is 9.50 Å². The van der Waals surface area contributed by atoms with Crippen molar-refractivity contribution in [3.05, 3.63) is 36.3 Å². The summed E-state index contributed by atoms with van der Waals surface area (Å²) in [5.41, 5.74) is 1.90. The minimum Gasteiger partial charge on any atom is -0.235 e. The van der Waals surface area contributed by atoms with Crippen LogP contribution in [0.5, 0.6) is 0 Å². The quantitative estimate of drug-likeness (QED) is 0.786. The molecule has 0 fully saturated rings. The number of rotatable bonds is 3. The zero-order valence-corrected chi connectivity index (χ0v) is 9.18. The number of allylic oxidation sites excluding steroid dienone is 1. The van der Waals surface area contributed by atoms with E-state index < -0.39 is 0 Å². The second-order valence-electron chi connectivity index (χ2n) is 2.86. The van der Waals surface area contributed by atoms with E-state index >= 15 is 0 Å². The maximum Gasteiger partial charge on any atom is 0.154 e. The SMILES string of the molecule is BrCCC=Cc1cnc2cccnn12. The molecule has 0 saturated carbocycles. The second-order valence-corrected chi connectivity index (χ2v) is 3.65. The summed E-state index contributed by atoms with van der Waals surface area (Å²) >= 11 is 3.37. The van der Waals surface area contributed by atoms with Crippen LogP contribution in [-0.2, 0) is 0 Å². The molecule has 2 aromatic heterocycles. The highest BCUT2D eigenvalue weighted by Crippen LogP contribution is 2.06. The van der Waals surface area contributed by atoms with Gasteiger partial charge in [0.15, 0.2) is 5.65 Å². The first-order valence-electron chi connectivity index (χ1n) is 4.43. The topological polar surface area (TPSA) is 30.2 Å². The number of imidazole rings is 1. The van der Waals surface area contributed by atoms with Crippen molar-refractivity contribution in [1.29, 1.82) is 0 Å². The molecule has 0 atom stereocenters. The Balaban J connectivity index is 2.34. The Labute approximate surface area is 90.6 Å². The molecule has 0 aliphatic heterocycles. The van der Waals surface area contributed by atoms with Crippen molar-refractivity contribution in [2.24, 2.45) is 0 Å². The number of aromatic nitrogens is 3. The first kappa shape index (κ1) is 9.40. The Morgan fingerprint density at radius 2 is 2.43 bits per heavy atom. The van der Waals surface area contributed by atoms with Crippen molar-refractivity contribution in [3.63, 3.8) is 0 Å². The lowest BCUT2D eigenvalue weighted by atomic mass is 10.3. The van der Waals surface area contributed by atoms with Crippen LogP contribution in [0.15, 0.2) is 30.6 Å². The molecule has 2 heterocycles. The molecule has 14 heavy (non-hydrogen) atoms. The average Bonchev–Trinajstić information content (AvgIpc) is 2.63. The predicted octanol–water partition coefficient (Wildman–Crippen LogP) is 2.53. The van der Waals surface area contributed by atoms with Crippen LogP contribution in [0.2, 0.25) is 0 Å². The minimum absolute atomic E-state index is 0.881. The van der Waals surface area contributed by atoms with Crippen LogP contribution in [-0.4, -0.2) is 19.9 Å². The molecule has 3 nitrogen and oxygen atoms in total. The number of alkyl halides is 1. The van der Waals surface area contributed by atoms with E-state index in [2.05, 4.69) is 32.1 Å². The van der Waals surface area contributed by atoms with Gasteiger partial charge in [0.1, 0.15) is 0 Å². The van der Waals surface area contributed by atoms with Gasteiger partial charge in [-0.1, -0.05) is 22.0 Å². The van der Waals surface area contributed by atoms with Gasteiger partial charge in [-0.2, -0.15) is 5.10 Å². The van der Waals surface area contributed by atoms with Gasteiger partial charge < -0.3 is 0 Å². The lowest BCUT2D eigenvalue weighted by Crippen LogP contribution is -1.91. The zero-order valence-electron chi connectivity index (χ0n) is 7.60. The fraction of sp³-hybridized carbons (Fsp3) is 0.200. The van der Waals surface area contributed by atoms with E-state index in [1.165, 1.54) is 0 Å². The fourth-order valence-electron chi connectivity index (χ4n) is 1.23. The number of halogens is 1. The van der Waals surface area contributed by atoms with Crippen LogP contribution in [0.3, 0.4) is 0 Å². The molecular weight excluding hydrogens is 242 g/mol. The Bertz CT molecular complexity index is 447. The maximum absolute atomic E-state index is 4.23. The van der Waals surface area contributed by atoms with Gasteiger partial charge in [0.2, 0.25) is 0 Å². The van der Waals surface area contributed by atoms with Gasteiger partial charge in [-0.3, -0.25) is 0 Å². The molecular formula is C10H10BrN3. The molecule has 4 heteroatoms. The third kappa shape index (κ3) is 1.85. The summed E-state index contributed by atoms with van der Waals surface area (Å²) in [6.07, 6.45) is 8.74. The van der Waals surface area contributed by atoms with Gasteiger partial charge in [-0.05, 0) is 24.6 Å². The van der Waals surface area contributed by atoms with Crippen LogP contribution in [0.4, 0.5) is 0 Å². The van der Waals surface area contributed by atoms with E-state index in [0.29, 0.717) is 0 Å².